The zero-order valence-corrected chi connectivity index (χ0v) is 19.8. The molecule has 1 aliphatic heterocycles. The van der Waals surface area contributed by atoms with E-state index in [1.165, 1.54) is 7.11 Å². The Bertz CT molecular complexity index is 1180. The summed E-state index contributed by atoms with van der Waals surface area (Å²) in [6.07, 6.45) is 0.0679. The van der Waals surface area contributed by atoms with Crippen LogP contribution in [0, 0.1) is 5.92 Å². The van der Waals surface area contributed by atoms with Gasteiger partial charge in [0.1, 0.15) is 17.2 Å². The van der Waals surface area contributed by atoms with Crippen molar-refractivity contribution < 1.29 is 23.8 Å². The number of amides is 2. The van der Waals surface area contributed by atoms with Gasteiger partial charge in [-0.25, -0.2) is 0 Å². The molecule has 1 heterocycles. The van der Waals surface area contributed by atoms with Gasteiger partial charge < -0.3 is 24.4 Å². The van der Waals surface area contributed by atoms with Gasteiger partial charge in [0.2, 0.25) is 11.8 Å². The fourth-order valence-electron chi connectivity index (χ4n) is 4.18. The maximum absolute atomic E-state index is 13.4. The van der Waals surface area contributed by atoms with Crippen LogP contribution in [0.4, 0.5) is 11.4 Å². The minimum atomic E-state index is -0.621. The van der Waals surface area contributed by atoms with Crippen molar-refractivity contribution in [3.63, 3.8) is 0 Å². The van der Waals surface area contributed by atoms with Crippen LogP contribution in [0.25, 0.3) is 0 Å². The molecule has 1 saturated heterocycles. The highest BCUT2D eigenvalue weighted by Gasteiger charge is 2.45. The normalized spacial score (nSPS) is 17.4. The number of carbonyl (C=O) groups excluding carboxylic acids is 2. The summed E-state index contributed by atoms with van der Waals surface area (Å²) in [6, 6.07) is 19.1. The van der Waals surface area contributed by atoms with Crippen molar-refractivity contribution in [3.8, 4) is 17.2 Å². The number of rotatable bonds is 7. The van der Waals surface area contributed by atoms with Gasteiger partial charge in [-0.1, -0.05) is 23.7 Å². The van der Waals surface area contributed by atoms with Gasteiger partial charge in [0.25, 0.3) is 0 Å². The molecule has 8 heteroatoms. The predicted octanol–water partition coefficient (Wildman–Crippen LogP) is 5.10. The topological polar surface area (TPSA) is 77.1 Å². The van der Waals surface area contributed by atoms with E-state index < -0.39 is 12.0 Å². The zero-order chi connectivity index (χ0) is 24.2. The first kappa shape index (κ1) is 23.4. The lowest BCUT2D eigenvalue weighted by atomic mass is 9.92. The molecule has 0 aliphatic carbocycles. The molecule has 2 atom stereocenters. The Hall–Kier alpha value is -3.71. The van der Waals surface area contributed by atoms with E-state index in [4.69, 9.17) is 25.8 Å². The number of benzene rings is 3. The van der Waals surface area contributed by atoms with Crippen LogP contribution in [0.5, 0.6) is 17.2 Å². The molecule has 1 N–H and O–H groups in total. The summed E-state index contributed by atoms with van der Waals surface area (Å²) in [6.45, 7) is 0. The predicted molar refractivity (Wildman–Crippen MR) is 131 cm³/mol. The van der Waals surface area contributed by atoms with Crippen molar-refractivity contribution in [1.29, 1.82) is 0 Å². The summed E-state index contributed by atoms with van der Waals surface area (Å²) in [5.41, 5.74) is 2.05. The lowest BCUT2D eigenvalue weighted by molar-refractivity contribution is -0.122. The largest absolute Gasteiger partial charge is 0.497 e. The third kappa shape index (κ3) is 4.65. The number of carbonyl (C=O) groups is 2. The average Bonchev–Trinajstić information content (AvgIpc) is 3.21. The highest BCUT2D eigenvalue weighted by atomic mass is 35.5. The summed E-state index contributed by atoms with van der Waals surface area (Å²) in [7, 11) is 4.70. The first-order valence-corrected chi connectivity index (χ1v) is 11.1. The first-order valence-electron chi connectivity index (χ1n) is 10.7. The summed E-state index contributed by atoms with van der Waals surface area (Å²) >= 11 is 6.22. The molecule has 3 aromatic rings. The zero-order valence-electron chi connectivity index (χ0n) is 19.1. The molecule has 0 unspecified atom stereocenters. The highest BCUT2D eigenvalue weighted by molar-refractivity contribution is 6.32. The summed E-state index contributed by atoms with van der Waals surface area (Å²) in [5.74, 6) is 0.853. The van der Waals surface area contributed by atoms with Crippen molar-refractivity contribution in [2.45, 2.75) is 12.5 Å². The van der Waals surface area contributed by atoms with Crippen LogP contribution >= 0.6 is 11.6 Å². The van der Waals surface area contributed by atoms with Gasteiger partial charge in [-0.2, -0.15) is 0 Å². The fourth-order valence-corrected chi connectivity index (χ4v) is 4.44. The van der Waals surface area contributed by atoms with Crippen LogP contribution in [0.1, 0.15) is 18.0 Å². The Kier molecular flexibility index (Phi) is 6.93. The average molecular weight is 481 g/mol. The minimum Gasteiger partial charge on any atom is -0.497 e. The van der Waals surface area contributed by atoms with Crippen LogP contribution in [-0.2, 0) is 9.59 Å². The lowest BCUT2D eigenvalue weighted by Crippen LogP contribution is -2.32. The third-order valence-electron chi connectivity index (χ3n) is 5.89. The quantitative estimate of drug-likeness (QED) is 0.509. The second-order valence-corrected chi connectivity index (χ2v) is 8.24. The van der Waals surface area contributed by atoms with E-state index in [0.717, 1.165) is 5.56 Å². The van der Waals surface area contributed by atoms with E-state index in [-0.39, 0.29) is 18.2 Å². The molecule has 7 nitrogen and oxygen atoms in total. The minimum absolute atomic E-state index is 0.0679. The first-order chi connectivity index (χ1) is 16.4. The van der Waals surface area contributed by atoms with E-state index in [9.17, 15) is 9.59 Å². The van der Waals surface area contributed by atoms with E-state index in [2.05, 4.69) is 5.32 Å². The lowest BCUT2D eigenvalue weighted by Gasteiger charge is -2.28. The SMILES string of the molecule is COc1ccc([C@H]2[C@H](C(=O)Nc3ccc(OC)c(Cl)c3)CC(=O)N2c2ccc(OC)cc2)cc1. The molecule has 0 aromatic heterocycles. The Balaban J connectivity index is 1.68. The van der Waals surface area contributed by atoms with E-state index in [1.807, 2.05) is 36.4 Å². The van der Waals surface area contributed by atoms with Crippen molar-refractivity contribution in [3.05, 3.63) is 77.3 Å². The molecular formula is C26H25ClN2O5. The van der Waals surface area contributed by atoms with E-state index in [0.29, 0.717) is 33.6 Å². The monoisotopic (exact) mass is 480 g/mol. The Morgan fingerprint density at radius 2 is 1.53 bits per heavy atom. The summed E-state index contributed by atoms with van der Waals surface area (Å²) in [4.78, 5) is 28.3. The number of anilines is 2. The second kappa shape index (κ2) is 10.1. The molecule has 3 aromatic carbocycles. The van der Waals surface area contributed by atoms with Gasteiger partial charge in [0.05, 0.1) is 38.3 Å². The van der Waals surface area contributed by atoms with Crippen LogP contribution in [-0.4, -0.2) is 33.1 Å². The fraction of sp³-hybridized carbons (Fsp3) is 0.231. The smallest absolute Gasteiger partial charge is 0.230 e. The van der Waals surface area contributed by atoms with Crippen molar-refractivity contribution in [2.24, 2.45) is 5.92 Å². The van der Waals surface area contributed by atoms with Gasteiger partial charge in [0.15, 0.2) is 0 Å². The molecule has 0 bridgehead atoms. The van der Waals surface area contributed by atoms with Gasteiger partial charge in [-0.05, 0) is 60.2 Å². The highest BCUT2D eigenvalue weighted by Crippen LogP contribution is 2.42. The number of nitrogens with zero attached hydrogens (tertiary/aromatic N) is 1. The van der Waals surface area contributed by atoms with Gasteiger partial charge in [-0.15, -0.1) is 0 Å². The maximum Gasteiger partial charge on any atom is 0.230 e. The van der Waals surface area contributed by atoms with Gasteiger partial charge >= 0.3 is 0 Å². The molecule has 0 saturated carbocycles. The van der Waals surface area contributed by atoms with Gasteiger partial charge in [-0.3, -0.25) is 9.59 Å². The van der Waals surface area contributed by atoms with Gasteiger partial charge in [0, 0.05) is 17.8 Å². The Labute approximate surface area is 203 Å². The summed E-state index contributed by atoms with van der Waals surface area (Å²) in [5, 5.41) is 3.29. The van der Waals surface area contributed by atoms with E-state index in [1.54, 1.807) is 49.5 Å². The Morgan fingerprint density at radius 3 is 2.09 bits per heavy atom. The summed E-state index contributed by atoms with van der Waals surface area (Å²) < 4.78 is 15.7. The molecule has 176 valence electrons. The van der Waals surface area contributed by atoms with E-state index >= 15 is 0 Å². The van der Waals surface area contributed by atoms with Crippen LogP contribution < -0.4 is 24.4 Å². The number of ether oxygens (including phenoxy) is 3. The van der Waals surface area contributed by atoms with Crippen LogP contribution in [0.15, 0.2) is 66.7 Å². The second-order valence-electron chi connectivity index (χ2n) is 7.83. The number of halogens is 1. The third-order valence-corrected chi connectivity index (χ3v) is 6.18. The van der Waals surface area contributed by atoms with Crippen LogP contribution in [0.3, 0.4) is 0 Å². The molecule has 2 amide bonds. The van der Waals surface area contributed by atoms with Crippen molar-refractivity contribution in [1.82, 2.24) is 0 Å². The van der Waals surface area contributed by atoms with Crippen LogP contribution in [0.2, 0.25) is 5.02 Å². The molecule has 0 radical (unpaired) electrons. The maximum atomic E-state index is 13.4. The number of nitrogens with one attached hydrogen (secondary N) is 1. The van der Waals surface area contributed by atoms with Crippen molar-refractivity contribution in [2.75, 3.05) is 31.5 Å². The molecule has 4 rings (SSSR count). The standard InChI is InChI=1S/C26H25ClN2O5/c1-32-19-9-4-16(5-10-19)25-21(26(31)28-17-6-13-23(34-3)22(27)14-17)15-24(30)29(25)18-7-11-20(33-2)12-8-18/h4-14,21,25H,15H2,1-3H3,(H,28,31)/t21-,25+/m1/s1. The Morgan fingerprint density at radius 1 is 0.912 bits per heavy atom. The van der Waals surface area contributed by atoms with Crippen molar-refractivity contribution >= 4 is 34.8 Å². The molecule has 34 heavy (non-hydrogen) atoms. The molecule has 1 aliphatic rings. The molecular weight excluding hydrogens is 456 g/mol. The molecule has 1 fully saturated rings. The number of methoxy groups -OCH3 is 3. The molecule has 0 spiro atoms. The number of hydrogen-bond donors (Lipinski definition) is 1. The number of hydrogen-bond acceptors (Lipinski definition) is 5.